The highest BCUT2D eigenvalue weighted by Gasteiger charge is 2.43. The van der Waals surface area contributed by atoms with E-state index < -0.39 is 98.1 Å². The summed E-state index contributed by atoms with van der Waals surface area (Å²) in [7, 11) is -1.30. The third-order valence-corrected chi connectivity index (χ3v) is 16.1. The van der Waals surface area contributed by atoms with Crippen LogP contribution in [-0.2, 0) is 56.2 Å². The van der Waals surface area contributed by atoms with Gasteiger partial charge in [0.25, 0.3) is 44.7 Å². The first kappa shape index (κ1) is 69.1. The molecule has 5 heterocycles. The molecule has 0 bridgehead atoms. The highest BCUT2D eigenvalue weighted by molar-refractivity contribution is 7.92. The monoisotopic (exact) mass is 1340 g/mol. The predicted octanol–water partition coefficient (Wildman–Crippen LogP) is 10.7. The standard InChI is InChI=1S/C21H23ClFNO5.C19H15FN2O4.C12H11F2N5O2S.C10H11F3N2O/c1-2-3-6-9-28-19(25)12-29-18-11-17(16(23)10-15(18)22)24-20(26)13-7-4-5-8-14(13)21(24)27;1-2-7-21-15-9-14(13(20)8-16(15)26-10-17(21)23)22-18(24)11-5-3-4-6-12(11)19(22)25;1-7-5-6-19-11(15-7)16-12(17-19)22(20,21)18-10-8(13)3-2-4-9(10)14;1-15(2)9(16)14-8-5-3-4-7(6-8)10(11,12)13/h10-11H,2-9,12H2,1H3;1,8-9H,3-7,10H2;2-5,18H,6H2,1H3,(H,15,16,17);3-6H,1-2H3,(H,14,16). The fourth-order valence-corrected chi connectivity index (χ4v) is 11.1. The number of benzene rings is 4. The van der Waals surface area contributed by atoms with Gasteiger partial charge in [0.15, 0.2) is 19.0 Å². The molecular weight excluding hydrogens is 1280 g/mol. The number of hydrogen-bond acceptors (Lipinski definition) is 15. The largest absolute Gasteiger partial charge is 0.481 e. The van der Waals surface area contributed by atoms with Crippen molar-refractivity contribution in [3.05, 3.63) is 135 Å². The van der Waals surface area contributed by atoms with Gasteiger partial charge in [-0.2, -0.15) is 26.6 Å². The zero-order valence-corrected chi connectivity index (χ0v) is 51.9. The summed E-state index contributed by atoms with van der Waals surface area (Å²) < 4.78 is 137. The number of alkyl halides is 3. The van der Waals surface area contributed by atoms with Crippen molar-refractivity contribution in [1.29, 1.82) is 0 Å². The number of aromatic nitrogens is 3. The van der Waals surface area contributed by atoms with E-state index in [1.807, 2.05) is 11.6 Å². The van der Waals surface area contributed by atoms with Crippen LogP contribution in [0.1, 0.15) is 90.0 Å². The Morgan fingerprint density at radius 3 is 1.92 bits per heavy atom. The first-order chi connectivity index (χ1) is 44.1. The number of amides is 7. The minimum absolute atomic E-state index is 0.000883. The Hall–Kier alpha value is -9.76. The summed E-state index contributed by atoms with van der Waals surface area (Å²) in [6, 6.07) is 11.5. The Morgan fingerprint density at radius 2 is 1.37 bits per heavy atom. The SMILES string of the molecule is C#CCN1C(=O)COc2cc(F)c(N3C(=O)C4=C(CCCC4)C3=O)cc21.CC1=CCn2nc(S(=O)(=O)Nc3c(F)cccc3F)nc2N1.CCCCCOC(=O)COc1cc(N2C(=O)C3=C(CCCC3)C2=O)c(F)cc1Cl.CN(C)C(=O)Nc1cccc(C(F)(F)F)c1. The number of anilines is 6. The molecule has 11 rings (SSSR count). The maximum absolute atomic E-state index is 14.7. The van der Waals surface area contributed by atoms with E-state index in [0.717, 1.165) is 103 Å². The number of allylic oxidation sites excluding steroid dienone is 2. The van der Waals surface area contributed by atoms with Crippen molar-refractivity contribution in [2.24, 2.45) is 0 Å². The minimum Gasteiger partial charge on any atom is -0.481 e. The summed E-state index contributed by atoms with van der Waals surface area (Å²) in [5, 5.41) is 8.37. The molecule has 7 amide bonds. The second-order valence-corrected chi connectivity index (χ2v) is 23.4. The molecule has 22 nitrogen and oxygen atoms in total. The van der Waals surface area contributed by atoms with Crippen LogP contribution in [0.4, 0.5) is 69.9 Å². The predicted molar refractivity (Wildman–Crippen MR) is 325 cm³/mol. The zero-order chi connectivity index (χ0) is 67.6. The molecule has 0 radical (unpaired) electrons. The first-order valence-electron chi connectivity index (χ1n) is 28.8. The Morgan fingerprint density at radius 1 is 0.796 bits per heavy atom. The molecule has 93 heavy (non-hydrogen) atoms. The third kappa shape index (κ3) is 16.1. The van der Waals surface area contributed by atoms with Crippen molar-refractivity contribution in [1.82, 2.24) is 19.7 Å². The normalized spacial score (nSPS) is 15.7. The van der Waals surface area contributed by atoms with E-state index in [1.54, 1.807) is 13.0 Å². The number of para-hydroxylation sites is 1. The lowest BCUT2D eigenvalue weighted by atomic mass is 9.93. The van der Waals surface area contributed by atoms with Crippen LogP contribution >= 0.6 is 11.6 Å². The summed E-state index contributed by atoms with van der Waals surface area (Å²) in [4.78, 5) is 93.8. The van der Waals surface area contributed by atoms with Gasteiger partial charge in [-0.05, 0) is 113 Å². The van der Waals surface area contributed by atoms with Gasteiger partial charge in [0.2, 0.25) is 5.95 Å². The molecule has 0 fully saturated rings. The number of sulfonamides is 1. The maximum Gasteiger partial charge on any atom is 0.416 e. The van der Waals surface area contributed by atoms with Crippen molar-refractivity contribution >= 4 is 97.5 Å². The van der Waals surface area contributed by atoms with Gasteiger partial charge in [0, 0.05) is 59.9 Å². The molecule has 1 aromatic heterocycles. The number of fused-ring (bicyclic) bond motifs is 2. The lowest BCUT2D eigenvalue weighted by Crippen LogP contribution is -2.39. The number of nitrogens with zero attached hydrogens (tertiary/aromatic N) is 7. The Balaban J connectivity index is 0.000000163. The Bertz CT molecular complexity index is 4000. The number of unbranched alkanes of at least 4 members (excludes halogenated alkanes) is 2. The van der Waals surface area contributed by atoms with Crippen LogP contribution in [0.3, 0.4) is 0 Å². The quantitative estimate of drug-likeness (QED) is 0.0307. The van der Waals surface area contributed by atoms with Crippen molar-refractivity contribution < 1.29 is 86.9 Å². The summed E-state index contributed by atoms with van der Waals surface area (Å²) in [5.74, 6) is -3.80. The second-order valence-electron chi connectivity index (χ2n) is 21.4. The van der Waals surface area contributed by atoms with Gasteiger partial charge >= 0.3 is 18.2 Å². The number of halogens is 8. The van der Waals surface area contributed by atoms with Crippen LogP contribution in [0.5, 0.6) is 11.5 Å². The number of terminal acetylenes is 1. The number of nitrogens with one attached hydrogen (secondary N) is 3. The average molecular weight is 1340 g/mol. The van der Waals surface area contributed by atoms with Gasteiger partial charge in [-0.1, -0.05) is 49.4 Å². The summed E-state index contributed by atoms with van der Waals surface area (Å²) >= 11 is 6.02. The molecule has 0 unspecified atom stereocenters. The number of carbonyl (C=O) groups is 7. The Kier molecular flexibility index (Phi) is 22.1. The van der Waals surface area contributed by atoms with E-state index >= 15 is 0 Å². The smallest absolute Gasteiger partial charge is 0.416 e. The lowest BCUT2D eigenvalue weighted by Gasteiger charge is -2.29. The molecule has 5 aromatic rings. The van der Waals surface area contributed by atoms with Crippen molar-refractivity contribution in [2.75, 3.05) is 70.5 Å². The molecule has 4 aromatic carbocycles. The fourth-order valence-electron chi connectivity index (χ4n) is 9.97. The van der Waals surface area contributed by atoms with Crippen molar-refractivity contribution in [2.45, 2.75) is 102 Å². The van der Waals surface area contributed by atoms with Crippen LogP contribution in [0.15, 0.2) is 106 Å². The summed E-state index contributed by atoms with van der Waals surface area (Å²) in [5.41, 5.74) is 1.03. The molecule has 0 spiro atoms. The number of rotatable bonds is 14. The lowest BCUT2D eigenvalue weighted by molar-refractivity contribution is -0.146. The highest BCUT2D eigenvalue weighted by atomic mass is 35.5. The van der Waals surface area contributed by atoms with Crippen LogP contribution in [0.2, 0.25) is 5.02 Å². The molecule has 2 aliphatic carbocycles. The maximum atomic E-state index is 14.7. The van der Waals surface area contributed by atoms with Gasteiger partial charge in [0.1, 0.15) is 34.6 Å². The summed E-state index contributed by atoms with van der Waals surface area (Å²) in [6.45, 7) is 3.81. The van der Waals surface area contributed by atoms with E-state index in [4.69, 9.17) is 32.2 Å². The summed E-state index contributed by atoms with van der Waals surface area (Å²) in [6.07, 6.45) is 10.8. The minimum atomic E-state index is -4.40. The first-order valence-corrected chi connectivity index (χ1v) is 30.7. The molecule has 4 aliphatic heterocycles. The van der Waals surface area contributed by atoms with Gasteiger partial charge in [-0.15, -0.1) is 11.5 Å². The molecule has 31 heteroatoms. The van der Waals surface area contributed by atoms with E-state index in [0.29, 0.717) is 61.1 Å². The average Bonchev–Trinajstić information content (AvgIpc) is 1.59. The topological polar surface area (TPSA) is 261 Å². The molecule has 6 aliphatic rings. The van der Waals surface area contributed by atoms with Gasteiger partial charge in [-0.3, -0.25) is 33.6 Å². The molecule has 0 saturated heterocycles. The molecule has 0 saturated carbocycles. The van der Waals surface area contributed by atoms with Crippen LogP contribution < -0.4 is 39.5 Å². The molecule has 0 atom stereocenters. The van der Waals surface area contributed by atoms with Crippen LogP contribution in [0.25, 0.3) is 0 Å². The number of esters is 1. The number of hydrogen-bond donors (Lipinski definition) is 3. The number of ether oxygens (including phenoxy) is 3. The molecular formula is C62H60ClF7N10O12S. The van der Waals surface area contributed by atoms with Crippen molar-refractivity contribution in [3.63, 3.8) is 0 Å². The second kappa shape index (κ2) is 29.7. The van der Waals surface area contributed by atoms with Crippen LogP contribution in [-0.4, -0.2) is 110 Å². The van der Waals surface area contributed by atoms with E-state index in [-0.39, 0.29) is 64.3 Å². The fraction of sp³-hybridized carbons (Fsp3) is 0.339. The zero-order valence-electron chi connectivity index (χ0n) is 50.3. The molecule has 3 N–H and O–H groups in total. The van der Waals surface area contributed by atoms with E-state index in [2.05, 4.69) is 26.6 Å². The third-order valence-electron chi connectivity index (χ3n) is 14.7. The number of carbonyl (C=O) groups excluding carboxylic acids is 7. The van der Waals surface area contributed by atoms with Gasteiger partial charge in [0.05, 0.1) is 47.3 Å². The highest BCUT2D eigenvalue weighted by Crippen LogP contribution is 2.43. The number of imide groups is 2. The van der Waals surface area contributed by atoms with Gasteiger partial charge in [-0.25, -0.2) is 41.6 Å². The molecule has 492 valence electrons. The van der Waals surface area contributed by atoms with E-state index in [1.165, 1.54) is 52.8 Å². The Labute approximate surface area is 533 Å². The van der Waals surface area contributed by atoms with Gasteiger partial charge < -0.3 is 29.7 Å². The van der Waals surface area contributed by atoms with Crippen LogP contribution in [0, 0.1) is 35.6 Å². The number of urea groups is 1. The van der Waals surface area contributed by atoms with E-state index in [9.17, 15) is 72.7 Å². The van der Waals surface area contributed by atoms with Crippen molar-refractivity contribution in [3.8, 4) is 23.8 Å².